The van der Waals surface area contributed by atoms with Crippen LogP contribution in [-0.2, 0) is 16.4 Å². The number of nitrogens with zero attached hydrogens (tertiary/aromatic N) is 6. The van der Waals surface area contributed by atoms with Gasteiger partial charge in [0.15, 0.2) is 11.5 Å². The molecule has 2 aromatic carbocycles. The molecule has 1 fully saturated rings. The number of alkyl halides is 3. The summed E-state index contributed by atoms with van der Waals surface area (Å²) in [6, 6.07) is 7.14. The van der Waals surface area contributed by atoms with Crippen molar-refractivity contribution in [3.8, 4) is 28.4 Å². The Morgan fingerprint density at radius 2 is 1.78 bits per heavy atom. The molecule has 2 aromatic heterocycles. The topological polar surface area (TPSA) is 136 Å². The fourth-order valence-electron chi connectivity index (χ4n) is 5.72. The number of aryl methyl sites for hydroxylation is 1. The summed E-state index contributed by atoms with van der Waals surface area (Å²) >= 11 is 3.51. The third-order valence-electron chi connectivity index (χ3n) is 7.95. The van der Waals surface area contributed by atoms with Gasteiger partial charge in [-0.15, -0.1) is 0 Å². The van der Waals surface area contributed by atoms with Crippen LogP contribution in [0.3, 0.4) is 0 Å². The first-order valence-electron chi connectivity index (χ1n) is 15.1. The Kier molecular flexibility index (Phi) is 9.42. The van der Waals surface area contributed by atoms with E-state index in [-0.39, 0.29) is 32.1 Å². The van der Waals surface area contributed by atoms with E-state index in [0.29, 0.717) is 63.1 Å². The van der Waals surface area contributed by atoms with Crippen molar-refractivity contribution in [3.05, 3.63) is 47.3 Å². The van der Waals surface area contributed by atoms with E-state index in [1.54, 1.807) is 55.7 Å². The molecule has 260 valence electrons. The van der Waals surface area contributed by atoms with Crippen molar-refractivity contribution >= 4 is 63.1 Å². The number of ether oxygens (including phenoxy) is 3. The van der Waals surface area contributed by atoms with Crippen LogP contribution in [-0.4, -0.2) is 96.6 Å². The quantitative estimate of drug-likeness (QED) is 0.225. The van der Waals surface area contributed by atoms with Crippen LogP contribution in [0.15, 0.2) is 47.3 Å². The first kappa shape index (κ1) is 34.4. The minimum Gasteiger partial charge on any atom is -0.494 e. The Hall–Kier alpha value is -4.50. The average Bonchev–Trinajstić information content (AvgIpc) is 3.50. The Morgan fingerprint density at radius 3 is 2.43 bits per heavy atom. The SMILES string of the molecule is COc1cc(N2CCN(C(=O)C(F)(F)F)CC2)c(-c2cnn(C)c2)cc1Nc1ncc(Br)c(Nc2ccc3c(c2P(C)(C)=O)OCCO3)n1. The molecule has 49 heavy (non-hydrogen) atoms. The largest absolute Gasteiger partial charge is 0.494 e. The summed E-state index contributed by atoms with van der Waals surface area (Å²) < 4.78 is 72.2. The molecular formula is C31H33BrF3N8O5P. The molecule has 6 rings (SSSR count). The van der Waals surface area contributed by atoms with Gasteiger partial charge in [0.1, 0.15) is 31.9 Å². The van der Waals surface area contributed by atoms with Crippen molar-refractivity contribution in [2.45, 2.75) is 6.18 Å². The second kappa shape index (κ2) is 13.4. The number of methoxy groups -OCH3 is 1. The Bertz CT molecular complexity index is 1940. The fourth-order valence-corrected chi connectivity index (χ4v) is 7.38. The molecule has 0 saturated carbocycles. The van der Waals surface area contributed by atoms with Crippen LogP contribution < -0.4 is 35.0 Å². The number of aromatic nitrogens is 4. The molecule has 0 spiro atoms. The predicted octanol–water partition coefficient (Wildman–Crippen LogP) is 5.37. The average molecular weight is 766 g/mol. The number of anilines is 5. The zero-order chi connectivity index (χ0) is 35.1. The maximum Gasteiger partial charge on any atom is 0.471 e. The van der Waals surface area contributed by atoms with Crippen molar-refractivity contribution in [2.75, 3.05) is 75.4 Å². The van der Waals surface area contributed by atoms with E-state index in [2.05, 4.69) is 41.6 Å². The van der Waals surface area contributed by atoms with Gasteiger partial charge in [-0.1, -0.05) is 0 Å². The number of benzene rings is 2. The number of carbonyl (C=O) groups excluding carboxylic acids is 1. The normalized spacial score (nSPS) is 14.9. The van der Waals surface area contributed by atoms with E-state index in [4.69, 9.17) is 14.2 Å². The lowest BCUT2D eigenvalue weighted by atomic mass is 10.0. The van der Waals surface area contributed by atoms with Gasteiger partial charge < -0.3 is 39.2 Å². The lowest BCUT2D eigenvalue weighted by Gasteiger charge is -2.37. The monoisotopic (exact) mass is 764 g/mol. The van der Waals surface area contributed by atoms with Gasteiger partial charge in [0.2, 0.25) is 5.95 Å². The summed E-state index contributed by atoms with van der Waals surface area (Å²) in [4.78, 5) is 23.7. The third kappa shape index (κ3) is 7.27. The molecule has 2 N–H and O–H groups in total. The molecule has 4 aromatic rings. The van der Waals surface area contributed by atoms with Gasteiger partial charge in [-0.3, -0.25) is 9.48 Å². The number of halogens is 4. The first-order chi connectivity index (χ1) is 23.2. The van der Waals surface area contributed by atoms with E-state index in [1.165, 1.54) is 7.11 Å². The van der Waals surface area contributed by atoms with Crippen LogP contribution in [0.5, 0.6) is 17.2 Å². The summed E-state index contributed by atoms with van der Waals surface area (Å²) in [5.41, 5.74) is 3.23. The predicted molar refractivity (Wildman–Crippen MR) is 183 cm³/mol. The molecule has 1 amide bonds. The fraction of sp³-hybridized carbons (Fsp3) is 0.355. The molecule has 0 bridgehead atoms. The van der Waals surface area contributed by atoms with E-state index in [1.807, 2.05) is 17.2 Å². The Morgan fingerprint density at radius 1 is 1.04 bits per heavy atom. The number of nitrogens with one attached hydrogen (secondary N) is 2. The zero-order valence-electron chi connectivity index (χ0n) is 27.0. The second-order valence-corrected chi connectivity index (χ2v) is 15.7. The zero-order valence-corrected chi connectivity index (χ0v) is 29.4. The van der Waals surface area contributed by atoms with Crippen molar-refractivity contribution in [2.24, 2.45) is 7.05 Å². The summed E-state index contributed by atoms with van der Waals surface area (Å²) in [6.07, 6.45) is 0.144. The molecule has 2 aliphatic rings. The highest BCUT2D eigenvalue weighted by Crippen LogP contribution is 2.47. The first-order valence-corrected chi connectivity index (χ1v) is 18.5. The number of amides is 1. The van der Waals surface area contributed by atoms with E-state index < -0.39 is 19.2 Å². The number of carbonyl (C=O) groups is 1. The molecule has 0 atom stereocenters. The van der Waals surface area contributed by atoms with Gasteiger partial charge in [-0.05, 0) is 47.5 Å². The van der Waals surface area contributed by atoms with Gasteiger partial charge in [0.05, 0.1) is 34.5 Å². The van der Waals surface area contributed by atoms with Crippen molar-refractivity contribution in [3.63, 3.8) is 0 Å². The van der Waals surface area contributed by atoms with Crippen LogP contribution in [0.2, 0.25) is 0 Å². The molecule has 4 heterocycles. The van der Waals surface area contributed by atoms with Gasteiger partial charge in [-0.2, -0.15) is 23.3 Å². The molecule has 1 saturated heterocycles. The smallest absolute Gasteiger partial charge is 0.471 e. The standard InChI is InChI=1S/C31H33BrF3N8O5P/c1-41-17-18(15-37-41)19-13-22(25(46-2)14-23(19)42-7-9-43(10-8-42)29(44)31(33,34)35)39-30-36-16-20(32)28(40-30)38-21-5-6-24-26(48-12-11-47-24)27(21)49(3,4)45/h5-6,13-17H,7-12H2,1-4H3,(H2,36,38,39,40). The molecule has 18 heteroatoms. The van der Waals surface area contributed by atoms with Gasteiger partial charge in [0.25, 0.3) is 0 Å². The minimum atomic E-state index is -4.93. The van der Waals surface area contributed by atoms with Gasteiger partial charge >= 0.3 is 12.1 Å². The van der Waals surface area contributed by atoms with Crippen molar-refractivity contribution < 1.29 is 36.7 Å². The van der Waals surface area contributed by atoms with Gasteiger partial charge in [-0.25, -0.2) is 4.98 Å². The molecule has 0 aliphatic carbocycles. The summed E-state index contributed by atoms with van der Waals surface area (Å²) in [5.74, 6) is 0.139. The molecule has 0 radical (unpaired) electrons. The Labute approximate surface area is 288 Å². The number of piperazine rings is 1. The van der Waals surface area contributed by atoms with Crippen LogP contribution in [0, 0.1) is 0 Å². The second-order valence-electron chi connectivity index (χ2n) is 11.7. The summed E-state index contributed by atoms with van der Waals surface area (Å²) in [6.45, 7) is 4.23. The summed E-state index contributed by atoms with van der Waals surface area (Å²) in [5, 5.41) is 11.3. The number of hydrogen-bond acceptors (Lipinski definition) is 11. The minimum absolute atomic E-state index is 0.0910. The van der Waals surface area contributed by atoms with E-state index >= 15 is 0 Å². The van der Waals surface area contributed by atoms with Crippen LogP contribution in [0.4, 0.5) is 42.0 Å². The third-order valence-corrected chi connectivity index (χ3v) is 10.0. The molecular weight excluding hydrogens is 732 g/mol. The van der Waals surface area contributed by atoms with Crippen LogP contribution in [0.25, 0.3) is 11.1 Å². The summed E-state index contributed by atoms with van der Waals surface area (Å²) in [7, 11) is 0.429. The lowest BCUT2D eigenvalue weighted by molar-refractivity contribution is -0.185. The number of fused-ring (bicyclic) bond motifs is 1. The van der Waals surface area contributed by atoms with Crippen LogP contribution in [0.1, 0.15) is 0 Å². The van der Waals surface area contributed by atoms with Crippen LogP contribution >= 0.6 is 23.1 Å². The molecule has 2 aliphatic heterocycles. The Balaban J connectivity index is 1.32. The highest BCUT2D eigenvalue weighted by molar-refractivity contribution is 9.10. The highest BCUT2D eigenvalue weighted by Gasteiger charge is 2.43. The molecule has 13 nitrogen and oxygen atoms in total. The van der Waals surface area contributed by atoms with E-state index in [9.17, 15) is 22.5 Å². The van der Waals surface area contributed by atoms with Gasteiger partial charge in [0, 0.05) is 68.5 Å². The lowest BCUT2D eigenvalue weighted by Crippen LogP contribution is -2.52. The number of hydrogen-bond donors (Lipinski definition) is 2. The number of rotatable bonds is 8. The maximum atomic E-state index is 13.4. The maximum absolute atomic E-state index is 13.4. The molecule has 0 unspecified atom stereocenters. The van der Waals surface area contributed by atoms with Crippen molar-refractivity contribution in [1.82, 2.24) is 24.6 Å². The van der Waals surface area contributed by atoms with Crippen molar-refractivity contribution in [1.29, 1.82) is 0 Å². The highest BCUT2D eigenvalue weighted by atomic mass is 79.9. The van der Waals surface area contributed by atoms with E-state index in [0.717, 1.165) is 16.0 Å².